The van der Waals surface area contributed by atoms with Crippen LogP contribution in [0.2, 0.25) is 0 Å². The minimum absolute atomic E-state index is 0.159. The molecular weight excluding hydrogens is 172 g/mol. The summed E-state index contributed by atoms with van der Waals surface area (Å²) in [5, 5.41) is 12.8. The maximum Gasteiger partial charge on any atom is 0.320 e. The van der Waals surface area contributed by atoms with E-state index in [1.165, 1.54) is 0 Å². The fourth-order valence-electron chi connectivity index (χ4n) is 0.415. The average molecular weight is 182 g/mol. The third-order valence-electron chi connectivity index (χ3n) is 1.03. The fourth-order valence-corrected chi connectivity index (χ4v) is 0.997. The Morgan fingerprint density at radius 3 is 2.27 bits per heavy atom. The first-order valence-electron chi connectivity index (χ1n) is 2.82. The number of rotatable bonds is 4. The number of primary sulfonamides is 1. The molecule has 0 bridgehead atoms. The molecule has 0 aromatic heterocycles. The van der Waals surface area contributed by atoms with Crippen molar-refractivity contribution >= 4 is 16.0 Å². The number of hydrogen-bond donors (Lipinski definition) is 3. The lowest BCUT2D eigenvalue weighted by molar-refractivity contribution is -0.138. The molecule has 0 aliphatic heterocycles. The SMILES string of the molecule is N[C@@H](CCS(N)(=O)=O)C(=O)O. The smallest absolute Gasteiger partial charge is 0.320 e. The van der Waals surface area contributed by atoms with Gasteiger partial charge in [0.2, 0.25) is 10.0 Å². The summed E-state index contributed by atoms with van der Waals surface area (Å²) < 4.78 is 20.6. The Kier molecular flexibility index (Phi) is 3.43. The van der Waals surface area contributed by atoms with E-state index in [1.807, 2.05) is 0 Å². The summed E-state index contributed by atoms with van der Waals surface area (Å²) in [5.41, 5.74) is 5.00. The van der Waals surface area contributed by atoms with Gasteiger partial charge in [-0.3, -0.25) is 4.79 Å². The van der Waals surface area contributed by atoms with Crippen molar-refractivity contribution < 1.29 is 18.3 Å². The van der Waals surface area contributed by atoms with Crippen molar-refractivity contribution in [3.8, 4) is 0 Å². The molecule has 0 fully saturated rings. The monoisotopic (exact) mass is 182 g/mol. The highest BCUT2D eigenvalue weighted by Gasteiger charge is 2.14. The maximum absolute atomic E-state index is 10.3. The van der Waals surface area contributed by atoms with E-state index in [0.717, 1.165) is 0 Å². The number of carboxylic acid groups (broad SMARTS) is 1. The van der Waals surface area contributed by atoms with Gasteiger partial charge in [0.25, 0.3) is 0 Å². The molecular formula is C4H10N2O4S. The van der Waals surface area contributed by atoms with Crippen molar-refractivity contribution in [3.63, 3.8) is 0 Å². The molecule has 0 saturated heterocycles. The highest BCUT2D eigenvalue weighted by Crippen LogP contribution is 1.90. The van der Waals surface area contributed by atoms with E-state index in [4.69, 9.17) is 10.8 Å². The van der Waals surface area contributed by atoms with E-state index in [9.17, 15) is 13.2 Å². The zero-order chi connectivity index (χ0) is 9.07. The molecule has 6 nitrogen and oxygen atoms in total. The molecule has 0 unspecified atom stereocenters. The van der Waals surface area contributed by atoms with Gasteiger partial charge in [-0.1, -0.05) is 0 Å². The Balaban J connectivity index is 3.82. The van der Waals surface area contributed by atoms with Crippen LogP contribution in [0, 0.1) is 0 Å². The van der Waals surface area contributed by atoms with Gasteiger partial charge in [0.05, 0.1) is 5.75 Å². The molecule has 0 amide bonds. The Hall–Kier alpha value is -0.660. The first kappa shape index (κ1) is 10.3. The highest BCUT2D eigenvalue weighted by molar-refractivity contribution is 7.89. The van der Waals surface area contributed by atoms with Crippen molar-refractivity contribution in [2.75, 3.05) is 5.75 Å². The van der Waals surface area contributed by atoms with Crippen LogP contribution in [-0.4, -0.2) is 31.3 Å². The van der Waals surface area contributed by atoms with Gasteiger partial charge in [-0.25, -0.2) is 13.6 Å². The number of carbonyl (C=O) groups is 1. The van der Waals surface area contributed by atoms with Crippen LogP contribution in [0.15, 0.2) is 0 Å². The lowest BCUT2D eigenvalue weighted by Gasteiger charge is -2.03. The van der Waals surface area contributed by atoms with Crippen molar-refractivity contribution in [1.82, 2.24) is 0 Å². The van der Waals surface area contributed by atoms with Crippen LogP contribution in [0.1, 0.15) is 6.42 Å². The van der Waals surface area contributed by atoms with Crippen molar-refractivity contribution in [2.24, 2.45) is 10.9 Å². The molecule has 0 aromatic carbocycles. The van der Waals surface area contributed by atoms with Gasteiger partial charge in [0, 0.05) is 0 Å². The lowest BCUT2D eigenvalue weighted by Crippen LogP contribution is -2.33. The van der Waals surface area contributed by atoms with Crippen molar-refractivity contribution in [2.45, 2.75) is 12.5 Å². The molecule has 0 saturated carbocycles. The Morgan fingerprint density at radius 1 is 1.55 bits per heavy atom. The third-order valence-corrected chi connectivity index (χ3v) is 1.84. The standard InChI is InChI=1S/C4H10N2O4S/c5-3(4(7)8)1-2-11(6,9)10/h3H,1-2,5H2,(H,7,8)(H2,6,9,10)/t3-/m0/s1. The predicted molar refractivity (Wildman–Crippen MR) is 38.2 cm³/mol. The number of carboxylic acids is 1. The number of aliphatic carboxylic acids is 1. The van der Waals surface area contributed by atoms with Crippen molar-refractivity contribution in [3.05, 3.63) is 0 Å². The molecule has 11 heavy (non-hydrogen) atoms. The Morgan fingerprint density at radius 2 is 2.00 bits per heavy atom. The van der Waals surface area contributed by atoms with Crippen LogP contribution >= 0.6 is 0 Å². The lowest BCUT2D eigenvalue weighted by atomic mass is 10.2. The molecule has 0 aliphatic rings. The van der Waals surface area contributed by atoms with E-state index in [2.05, 4.69) is 5.14 Å². The van der Waals surface area contributed by atoms with Crippen LogP contribution in [0.3, 0.4) is 0 Å². The molecule has 1 atom stereocenters. The largest absolute Gasteiger partial charge is 0.480 e. The Bertz CT molecular complexity index is 234. The average Bonchev–Trinajstić information content (AvgIpc) is 1.80. The summed E-state index contributed by atoms with van der Waals surface area (Å²) in [5.74, 6) is -1.63. The Labute approximate surface area is 64.2 Å². The predicted octanol–water partition coefficient (Wildman–Crippen LogP) is -1.92. The van der Waals surface area contributed by atoms with Crippen LogP contribution < -0.4 is 10.9 Å². The first-order chi connectivity index (χ1) is 4.83. The highest BCUT2D eigenvalue weighted by atomic mass is 32.2. The molecule has 0 radical (unpaired) electrons. The van der Waals surface area contributed by atoms with Crippen molar-refractivity contribution in [1.29, 1.82) is 0 Å². The number of sulfonamides is 1. The van der Waals surface area contributed by atoms with E-state index < -0.39 is 27.8 Å². The normalized spacial score (nSPS) is 14.4. The molecule has 0 rings (SSSR count). The second kappa shape index (κ2) is 3.65. The van der Waals surface area contributed by atoms with E-state index in [0.29, 0.717) is 0 Å². The van der Waals surface area contributed by atoms with Crippen LogP contribution in [-0.2, 0) is 14.8 Å². The van der Waals surface area contributed by atoms with Gasteiger partial charge in [0.1, 0.15) is 6.04 Å². The van der Waals surface area contributed by atoms with Gasteiger partial charge in [0.15, 0.2) is 0 Å². The first-order valence-corrected chi connectivity index (χ1v) is 4.53. The van der Waals surface area contributed by atoms with Crippen LogP contribution in [0.25, 0.3) is 0 Å². The summed E-state index contributed by atoms with van der Waals surface area (Å²) in [4.78, 5) is 10.1. The van der Waals surface area contributed by atoms with E-state index >= 15 is 0 Å². The zero-order valence-electron chi connectivity index (χ0n) is 5.73. The number of hydrogen-bond acceptors (Lipinski definition) is 4. The van der Waals surface area contributed by atoms with Crippen LogP contribution in [0.5, 0.6) is 0 Å². The third kappa shape index (κ3) is 5.77. The van der Waals surface area contributed by atoms with E-state index in [-0.39, 0.29) is 6.42 Å². The topological polar surface area (TPSA) is 123 Å². The van der Waals surface area contributed by atoms with Gasteiger partial charge >= 0.3 is 5.97 Å². The van der Waals surface area contributed by atoms with Gasteiger partial charge in [-0.05, 0) is 6.42 Å². The molecule has 0 aliphatic carbocycles. The molecule has 0 spiro atoms. The maximum atomic E-state index is 10.3. The molecule has 0 heterocycles. The van der Waals surface area contributed by atoms with Crippen LogP contribution in [0.4, 0.5) is 0 Å². The summed E-state index contributed by atoms with van der Waals surface area (Å²) >= 11 is 0. The van der Waals surface area contributed by atoms with Gasteiger partial charge in [-0.2, -0.15) is 0 Å². The second-order valence-corrected chi connectivity index (χ2v) is 3.83. The molecule has 7 heteroatoms. The summed E-state index contributed by atoms with van der Waals surface area (Å²) in [6.45, 7) is 0. The fraction of sp³-hybridized carbons (Fsp3) is 0.750. The molecule has 0 aromatic rings. The number of nitrogens with two attached hydrogens (primary N) is 2. The zero-order valence-corrected chi connectivity index (χ0v) is 6.54. The van der Waals surface area contributed by atoms with E-state index in [1.54, 1.807) is 0 Å². The summed E-state index contributed by atoms with van der Waals surface area (Å²) in [7, 11) is -3.60. The van der Waals surface area contributed by atoms with Gasteiger partial charge in [-0.15, -0.1) is 0 Å². The minimum Gasteiger partial charge on any atom is -0.480 e. The summed E-state index contributed by atoms with van der Waals surface area (Å²) in [6.07, 6.45) is -0.159. The second-order valence-electron chi connectivity index (χ2n) is 2.10. The summed E-state index contributed by atoms with van der Waals surface area (Å²) in [6, 6.07) is -1.16. The quantitative estimate of drug-likeness (QED) is 0.467. The minimum atomic E-state index is -3.60. The molecule has 5 N–H and O–H groups in total. The van der Waals surface area contributed by atoms with Gasteiger partial charge < -0.3 is 10.8 Å². The molecule has 66 valence electrons.